The Morgan fingerprint density at radius 2 is 2.19 bits per heavy atom. The number of thiophene rings is 1. The molecule has 27 heavy (non-hydrogen) atoms. The number of β-lactam (4-membered cyclic amide) rings is 1. The molecule has 2 aliphatic rings. The molecule has 1 aromatic heterocycles. The van der Waals surface area contributed by atoms with Crippen LogP contribution in [0.5, 0.6) is 0 Å². The third-order valence-corrected chi connectivity index (χ3v) is 7.18. The number of carbonyl (C=O) groups is 3. The number of rotatable bonds is 6. The lowest BCUT2D eigenvalue weighted by Crippen LogP contribution is -2.71. The highest BCUT2D eigenvalue weighted by atomic mass is 32.2. The van der Waals surface area contributed by atoms with Gasteiger partial charge in [-0.3, -0.25) is 19.3 Å². The van der Waals surface area contributed by atoms with E-state index < -0.39 is 33.3 Å². The van der Waals surface area contributed by atoms with E-state index in [-0.39, 0.29) is 35.3 Å². The minimum absolute atomic E-state index is 0.147. The molecule has 0 radical (unpaired) electrons. The maximum Gasteiger partial charge on any atom is 0.302 e. The van der Waals surface area contributed by atoms with E-state index in [1.807, 2.05) is 17.5 Å². The van der Waals surface area contributed by atoms with Crippen LogP contribution in [0.2, 0.25) is 0 Å². The highest BCUT2D eigenvalue weighted by Crippen LogP contribution is 2.41. The van der Waals surface area contributed by atoms with Crippen molar-refractivity contribution in [2.75, 3.05) is 12.4 Å². The van der Waals surface area contributed by atoms with Crippen molar-refractivity contribution in [2.45, 2.75) is 24.8 Å². The Morgan fingerprint density at radius 1 is 1.44 bits per heavy atom. The summed E-state index contributed by atoms with van der Waals surface area (Å²) < 4.78 is 28.9. The summed E-state index contributed by atoms with van der Waals surface area (Å²) in [6.45, 7) is 0.934. The number of esters is 1. The van der Waals surface area contributed by atoms with Crippen LogP contribution < -0.4 is 10.5 Å². The van der Waals surface area contributed by atoms with Gasteiger partial charge < -0.3 is 10.1 Å². The summed E-state index contributed by atoms with van der Waals surface area (Å²) >= 11 is 2.71. The number of nitrogens with zero attached hydrogens (tertiary/aromatic N) is 1. The van der Waals surface area contributed by atoms with E-state index in [4.69, 9.17) is 9.88 Å². The first-order chi connectivity index (χ1) is 12.7. The SMILES string of the molecule is CC(=O)OCC1=C(S(N)(=O)=O)N2C(=O)C(NC(=O)Cc3cccs3)[C@@H]2SC1. The smallest absolute Gasteiger partial charge is 0.302 e. The van der Waals surface area contributed by atoms with Gasteiger partial charge in [0.1, 0.15) is 18.0 Å². The van der Waals surface area contributed by atoms with Gasteiger partial charge in [-0.15, -0.1) is 23.1 Å². The molecule has 1 aromatic rings. The molecule has 1 unspecified atom stereocenters. The Hall–Kier alpha value is -1.89. The molecule has 0 bridgehead atoms. The molecule has 1 saturated heterocycles. The van der Waals surface area contributed by atoms with Gasteiger partial charge in [-0.25, -0.2) is 13.6 Å². The minimum Gasteiger partial charge on any atom is -0.461 e. The van der Waals surface area contributed by atoms with Crippen molar-refractivity contribution in [3.8, 4) is 0 Å². The van der Waals surface area contributed by atoms with E-state index >= 15 is 0 Å². The second-order valence-corrected chi connectivity index (χ2v) is 9.56. The second-order valence-electron chi connectivity index (χ2n) is 5.95. The van der Waals surface area contributed by atoms with Crippen molar-refractivity contribution in [2.24, 2.45) is 5.14 Å². The standard InChI is InChI=1S/C15H17N3O6S3/c1-8(19)24-6-9-7-26-14-12(13(21)18(14)15(9)27(16,22)23)17-11(20)5-10-3-2-4-25-10/h2-4,12,14H,5-7H2,1H3,(H,17,20)(H2,16,22,23)/t12?,14-/m0/s1. The number of thioether (sulfide) groups is 1. The number of hydrogen-bond donors (Lipinski definition) is 2. The summed E-state index contributed by atoms with van der Waals surface area (Å²) in [4.78, 5) is 37.6. The van der Waals surface area contributed by atoms with Crippen LogP contribution in [-0.2, 0) is 35.6 Å². The first-order valence-electron chi connectivity index (χ1n) is 7.83. The Bertz CT molecular complexity index is 909. The largest absolute Gasteiger partial charge is 0.461 e. The van der Waals surface area contributed by atoms with E-state index in [2.05, 4.69) is 5.32 Å². The van der Waals surface area contributed by atoms with Gasteiger partial charge in [-0.05, 0) is 11.4 Å². The van der Waals surface area contributed by atoms with Gasteiger partial charge in [0.05, 0.1) is 6.42 Å². The Morgan fingerprint density at radius 3 is 2.78 bits per heavy atom. The summed E-state index contributed by atoms with van der Waals surface area (Å²) in [6.07, 6.45) is 0.147. The second kappa shape index (κ2) is 7.62. The average Bonchev–Trinajstić information content (AvgIpc) is 3.08. The molecule has 0 saturated carbocycles. The molecule has 9 nitrogen and oxygen atoms in total. The van der Waals surface area contributed by atoms with Crippen molar-refractivity contribution >= 4 is 50.9 Å². The number of primary sulfonamides is 1. The van der Waals surface area contributed by atoms with E-state index in [1.165, 1.54) is 30.0 Å². The highest BCUT2D eigenvalue weighted by Gasteiger charge is 2.54. The molecule has 0 spiro atoms. The fourth-order valence-electron chi connectivity index (χ4n) is 2.83. The lowest BCUT2D eigenvalue weighted by Gasteiger charge is -2.49. The van der Waals surface area contributed by atoms with Gasteiger partial charge in [0, 0.05) is 23.1 Å². The molecule has 3 heterocycles. The number of amides is 2. The molecular formula is C15H17N3O6S3. The number of fused-ring (bicyclic) bond motifs is 1. The predicted molar refractivity (Wildman–Crippen MR) is 99.8 cm³/mol. The summed E-state index contributed by atoms with van der Waals surface area (Å²) in [7, 11) is -4.21. The average molecular weight is 432 g/mol. The van der Waals surface area contributed by atoms with Gasteiger partial charge in [0.25, 0.3) is 15.9 Å². The Balaban J connectivity index is 1.75. The number of hydrogen-bond acceptors (Lipinski definition) is 8. The van der Waals surface area contributed by atoms with Crippen molar-refractivity contribution in [1.29, 1.82) is 0 Å². The van der Waals surface area contributed by atoms with Crippen LogP contribution in [0.3, 0.4) is 0 Å². The summed E-state index contributed by atoms with van der Waals surface area (Å²) in [5.74, 6) is -1.24. The van der Waals surface area contributed by atoms with E-state index in [1.54, 1.807) is 0 Å². The molecule has 3 N–H and O–H groups in total. The molecular weight excluding hydrogens is 414 g/mol. The fourth-order valence-corrected chi connectivity index (χ4v) is 6.03. The molecule has 146 valence electrons. The number of carbonyl (C=O) groups excluding carboxylic acids is 3. The number of nitrogens with two attached hydrogens (primary N) is 1. The lowest BCUT2D eigenvalue weighted by atomic mass is 10.1. The van der Waals surface area contributed by atoms with Gasteiger partial charge >= 0.3 is 5.97 Å². The number of sulfonamides is 1. The quantitative estimate of drug-likeness (QED) is 0.468. The zero-order chi connectivity index (χ0) is 19.8. The number of nitrogens with one attached hydrogen (secondary N) is 1. The molecule has 2 aliphatic heterocycles. The minimum atomic E-state index is -4.21. The zero-order valence-electron chi connectivity index (χ0n) is 14.2. The van der Waals surface area contributed by atoms with Crippen LogP contribution in [0.15, 0.2) is 28.1 Å². The van der Waals surface area contributed by atoms with Gasteiger partial charge in [-0.2, -0.15) is 0 Å². The van der Waals surface area contributed by atoms with Crippen molar-refractivity contribution in [3.05, 3.63) is 33.0 Å². The molecule has 12 heteroatoms. The topological polar surface area (TPSA) is 136 Å². The van der Waals surface area contributed by atoms with Crippen molar-refractivity contribution in [1.82, 2.24) is 10.2 Å². The fraction of sp³-hybridized carbons (Fsp3) is 0.400. The van der Waals surface area contributed by atoms with Gasteiger partial charge in [0.2, 0.25) is 5.91 Å². The van der Waals surface area contributed by atoms with Crippen LogP contribution >= 0.6 is 23.1 Å². The Kier molecular flexibility index (Phi) is 5.60. The summed E-state index contributed by atoms with van der Waals surface area (Å²) in [5, 5.41) is 8.86. The molecule has 0 aromatic carbocycles. The monoisotopic (exact) mass is 431 g/mol. The Labute approximate surface area is 164 Å². The van der Waals surface area contributed by atoms with E-state index in [0.717, 1.165) is 9.78 Å². The molecule has 2 amide bonds. The van der Waals surface area contributed by atoms with Crippen LogP contribution in [-0.4, -0.2) is 54.9 Å². The zero-order valence-corrected chi connectivity index (χ0v) is 16.7. The summed E-state index contributed by atoms with van der Waals surface area (Å²) in [6, 6.07) is 2.82. The van der Waals surface area contributed by atoms with Crippen molar-refractivity contribution < 1.29 is 27.5 Å². The van der Waals surface area contributed by atoms with Gasteiger partial charge in [0.15, 0.2) is 5.03 Å². The molecule has 1 fully saturated rings. The maximum absolute atomic E-state index is 12.5. The maximum atomic E-state index is 12.5. The normalized spacial score (nSPS) is 22.1. The van der Waals surface area contributed by atoms with Crippen LogP contribution in [0.4, 0.5) is 0 Å². The predicted octanol–water partition coefficient (Wildman–Crippen LogP) is -0.246. The highest BCUT2D eigenvalue weighted by molar-refractivity contribution is 8.00. The van der Waals surface area contributed by atoms with Gasteiger partial charge in [-0.1, -0.05) is 6.07 Å². The summed E-state index contributed by atoms with van der Waals surface area (Å²) in [5.41, 5.74) is 0.241. The third-order valence-electron chi connectivity index (χ3n) is 3.94. The van der Waals surface area contributed by atoms with Crippen LogP contribution in [0.1, 0.15) is 11.8 Å². The first kappa shape index (κ1) is 19.9. The molecule has 3 rings (SSSR count). The third kappa shape index (κ3) is 4.18. The van der Waals surface area contributed by atoms with Crippen LogP contribution in [0.25, 0.3) is 0 Å². The number of ether oxygens (including phenoxy) is 1. The van der Waals surface area contributed by atoms with Crippen LogP contribution in [0, 0.1) is 0 Å². The molecule has 2 atom stereocenters. The van der Waals surface area contributed by atoms with Crippen molar-refractivity contribution in [3.63, 3.8) is 0 Å². The van der Waals surface area contributed by atoms with E-state index in [0.29, 0.717) is 0 Å². The van der Waals surface area contributed by atoms with E-state index in [9.17, 15) is 22.8 Å². The molecule has 0 aliphatic carbocycles. The lowest BCUT2D eigenvalue weighted by molar-refractivity contribution is -0.145. The first-order valence-corrected chi connectivity index (χ1v) is 11.3.